The van der Waals surface area contributed by atoms with Gasteiger partial charge in [0.25, 0.3) is 0 Å². The van der Waals surface area contributed by atoms with Crippen molar-refractivity contribution in [1.29, 1.82) is 0 Å². The van der Waals surface area contributed by atoms with E-state index in [0.29, 0.717) is 30.4 Å². The number of phenolic OH excluding ortho intramolecular Hbond substituents is 1. The lowest BCUT2D eigenvalue weighted by atomic mass is 9.99. The second-order valence-corrected chi connectivity index (χ2v) is 13.4. The van der Waals surface area contributed by atoms with Crippen LogP contribution in [-0.2, 0) is 29.2 Å². The van der Waals surface area contributed by atoms with Gasteiger partial charge in [-0.25, -0.2) is 4.79 Å². The van der Waals surface area contributed by atoms with Crippen LogP contribution >= 0.6 is 11.8 Å². The quantitative estimate of drug-likeness (QED) is 0.1000. The summed E-state index contributed by atoms with van der Waals surface area (Å²) in [4.78, 5) is 12.5. The number of rotatable bonds is 12. The van der Waals surface area contributed by atoms with Gasteiger partial charge in [-0.3, -0.25) is 0 Å². The number of carbonyl (C=O) groups excluding carboxylic acids is 1. The van der Waals surface area contributed by atoms with E-state index in [1.807, 2.05) is 91.0 Å². The molecule has 6 aromatic rings. The third-order valence-electron chi connectivity index (χ3n) is 8.72. The topological polar surface area (TPSA) is 144 Å². The third-order valence-corrected chi connectivity index (χ3v) is 9.77. The number of amides is 2. The molecule has 0 spiro atoms. The number of aromatic hydroxyl groups is 1. The summed E-state index contributed by atoms with van der Waals surface area (Å²) in [6.07, 6.45) is -0.497. The minimum atomic E-state index is -0.645. The smallest absolute Gasteiger partial charge is 0.315 e. The summed E-state index contributed by atoms with van der Waals surface area (Å²) >= 11 is 1.49. The summed E-state index contributed by atoms with van der Waals surface area (Å²) in [6.45, 7) is 0.811. The van der Waals surface area contributed by atoms with Gasteiger partial charge in [-0.2, -0.15) is 4.68 Å². The van der Waals surface area contributed by atoms with E-state index in [9.17, 15) is 15.0 Å². The summed E-state index contributed by atoms with van der Waals surface area (Å²) in [5.41, 5.74) is 7.45. The van der Waals surface area contributed by atoms with Crippen molar-refractivity contribution in [2.75, 3.05) is 5.75 Å². The van der Waals surface area contributed by atoms with Crippen LogP contribution in [0.4, 0.5) is 4.79 Å². The zero-order valence-corrected chi connectivity index (χ0v) is 29.0. The Labute approximate surface area is 305 Å². The average Bonchev–Trinajstić information content (AvgIpc) is 3.68. The second-order valence-electron chi connectivity index (χ2n) is 12.4. The summed E-state index contributed by atoms with van der Waals surface area (Å²) in [5, 5.41) is 38.0. The van der Waals surface area contributed by atoms with Crippen LogP contribution in [0.3, 0.4) is 0 Å². The lowest BCUT2D eigenvalue weighted by Crippen LogP contribution is -2.34. The molecule has 0 bridgehead atoms. The summed E-state index contributed by atoms with van der Waals surface area (Å²) < 4.78 is 14.9. The molecule has 1 aliphatic heterocycles. The normalized spacial score (nSPS) is 17.1. The number of hydrogen-bond acceptors (Lipinski definition) is 9. The summed E-state index contributed by atoms with van der Waals surface area (Å²) in [6, 6.07) is 40.3. The molecule has 4 N–H and O–H groups in total. The fourth-order valence-electron chi connectivity index (χ4n) is 5.96. The van der Waals surface area contributed by atoms with Gasteiger partial charge < -0.3 is 30.3 Å². The molecule has 3 atom stereocenters. The van der Waals surface area contributed by atoms with E-state index in [1.165, 1.54) is 11.8 Å². The van der Waals surface area contributed by atoms with E-state index in [1.54, 1.807) is 28.9 Å². The molecular weight excluding hydrogens is 677 g/mol. The molecule has 7 rings (SSSR count). The molecule has 12 heteroatoms. The van der Waals surface area contributed by atoms with Crippen molar-refractivity contribution >= 4 is 17.8 Å². The highest BCUT2D eigenvalue weighted by Gasteiger charge is 2.33. The molecule has 1 fully saturated rings. The molecule has 0 unspecified atom stereocenters. The molecule has 1 saturated heterocycles. The number of ether oxygens (including phenoxy) is 2. The Kier molecular flexibility index (Phi) is 11.2. The van der Waals surface area contributed by atoms with Gasteiger partial charge >= 0.3 is 6.03 Å². The molecule has 1 aromatic heterocycles. The number of aromatic nitrogens is 4. The van der Waals surface area contributed by atoms with Crippen LogP contribution in [0.1, 0.15) is 46.6 Å². The lowest BCUT2D eigenvalue weighted by Gasteiger charge is -2.36. The molecule has 2 amide bonds. The molecule has 11 nitrogen and oxygen atoms in total. The van der Waals surface area contributed by atoms with Crippen LogP contribution in [0, 0.1) is 0 Å². The van der Waals surface area contributed by atoms with Crippen LogP contribution in [0.2, 0.25) is 0 Å². The first kappa shape index (κ1) is 34.9. The van der Waals surface area contributed by atoms with Crippen molar-refractivity contribution in [2.24, 2.45) is 0 Å². The van der Waals surface area contributed by atoms with Crippen LogP contribution in [0.25, 0.3) is 16.8 Å². The van der Waals surface area contributed by atoms with E-state index in [2.05, 4.69) is 38.3 Å². The highest BCUT2D eigenvalue weighted by Crippen LogP contribution is 2.40. The number of aliphatic hydroxyl groups is 1. The van der Waals surface area contributed by atoms with Gasteiger partial charge in [0, 0.05) is 30.8 Å². The number of benzene rings is 5. The maximum absolute atomic E-state index is 12.5. The number of tetrazole rings is 1. The monoisotopic (exact) mass is 714 g/mol. The Morgan fingerprint density at radius 2 is 1.48 bits per heavy atom. The SMILES string of the molecule is O=C(NCc1ccccc1)NCc1cccc(-c2cccc([C@H]3O[C@@H](CSc4nnnn4-c4ccc(O)cc4)C[C@@H](c4ccc(CO)cc4)O3)c2)c1. The Morgan fingerprint density at radius 3 is 2.25 bits per heavy atom. The largest absolute Gasteiger partial charge is 0.508 e. The third kappa shape index (κ3) is 8.85. The van der Waals surface area contributed by atoms with Gasteiger partial charge in [-0.1, -0.05) is 103 Å². The number of urea groups is 1. The van der Waals surface area contributed by atoms with Gasteiger partial charge in [0.2, 0.25) is 5.16 Å². The first-order valence-corrected chi connectivity index (χ1v) is 18.0. The first-order valence-electron chi connectivity index (χ1n) is 17.0. The molecule has 0 radical (unpaired) electrons. The summed E-state index contributed by atoms with van der Waals surface area (Å²) in [7, 11) is 0. The number of nitrogens with one attached hydrogen (secondary N) is 2. The first-order chi connectivity index (χ1) is 25.5. The zero-order chi connectivity index (χ0) is 35.7. The van der Waals surface area contributed by atoms with Crippen molar-refractivity contribution < 1.29 is 24.5 Å². The van der Waals surface area contributed by atoms with Crippen LogP contribution in [-0.4, -0.2) is 48.3 Å². The highest BCUT2D eigenvalue weighted by atomic mass is 32.2. The second kappa shape index (κ2) is 16.7. The number of nitrogens with zero attached hydrogens (tertiary/aromatic N) is 4. The summed E-state index contributed by atoms with van der Waals surface area (Å²) in [5.74, 6) is 0.732. The minimum absolute atomic E-state index is 0.0297. The molecule has 1 aliphatic rings. The van der Waals surface area contributed by atoms with Gasteiger partial charge in [0.1, 0.15) is 5.75 Å². The molecule has 52 heavy (non-hydrogen) atoms. The molecule has 0 aliphatic carbocycles. The van der Waals surface area contributed by atoms with Gasteiger partial charge in [0.05, 0.1) is 24.5 Å². The molecular formula is C40H38N6O5S. The van der Waals surface area contributed by atoms with E-state index >= 15 is 0 Å². The predicted molar refractivity (Wildman–Crippen MR) is 197 cm³/mol. The molecule has 0 saturated carbocycles. The van der Waals surface area contributed by atoms with Gasteiger partial charge in [-0.15, -0.1) is 5.10 Å². The Morgan fingerprint density at radius 1 is 0.769 bits per heavy atom. The van der Waals surface area contributed by atoms with E-state index in [4.69, 9.17) is 9.47 Å². The van der Waals surface area contributed by atoms with Gasteiger partial charge in [0.15, 0.2) is 6.29 Å². The standard InChI is InChI=1S/C40H38N6O5S/c47-25-28-12-14-30(15-13-28)37-22-36(26-52-40-43-44-45-46(40)34-16-18-35(48)19-17-34)50-38(51-37)33-11-5-10-32(21-33)31-9-4-8-29(20-31)24-42-39(49)41-23-27-6-2-1-3-7-27/h1-21,36-38,47-48H,22-26H2,(H2,41,42,49)/t36-,37+,38+/m1/s1. The predicted octanol–water partition coefficient (Wildman–Crippen LogP) is 6.86. The van der Waals surface area contributed by atoms with Crippen molar-refractivity contribution in [1.82, 2.24) is 30.8 Å². The van der Waals surface area contributed by atoms with Crippen LogP contribution in [0.5, 0.6) is 5.75 Å². The van der Waals surface area contributed by atoms with Crippen molar-refractivity contribution in [3.63, 3.8) is 0 Å². The number of aliphatic hydroxyl groups excluding tert-OH is 1. The number of thioether (sulfide) groups is 1. The number of hydrogen-bond donors (Lipinski definition) is 4. The van der Waals surface area contributed by atoms with E-state index < -0.39 is 6.29 Å². The van der Waals surface area contributed by atoms with Crippen LogP contribution in [0.15, 0.2) is 133 Å². The van der Waals surface area contributed by atoms with Crippen molar-refractivity contribution in [3.05, 3.63) is 155 Å². The highest BCUT2D eigenvalue weighted by molar-refractivity contribution is 7.99. The minimum Gasteiger partial charge on any atom is -0.508 e. The number of carbonyl (C=O) groups is 1. The van der Waals surface area contributed by atoms with E-state index in [-0.39, 0.29) is 30.6 Å². The lowest BCUT2D eigenvalue weighted by molar-refractivity contribution is -0.245. The van der Waals surface area contributed by atoms with Gasteiger partial charge in [-0.05, 0) is 80.2 Å². The molecule has 5 aromatic carbocycles. The number of phenols is 1. The maximum atomic E-state index is 12.5. The Hall–Kier alpha value is -5.53. The fraction of sp³-hybridized carbons (Fsp3) is 0.200. The fourth-order valence-corrected chi connectivity index (χ4v) is 6.87. The van der Waals surface area contributed by atoms with E-state index in [0.717, 1.165) is 44.6 Å². The molecule has 2 heterocycles. The zero-order valence-electron chi connectivity index (χ0n) is 28.2. The maximum Gasteiger partial charge on any atom is 0.315 e. The van der Waals surface area contributed by atoms with Crippen molar-refractivity contribution in [3.8, 4) is 22.6 Å². The van der Waals surface area contributed by atoms with Crippen molar-refractivity contribution in [2.45, 2.75) is 49.8 Å². The van der Waals surface area contributed by atoms with Crippen LogP contribution < -0.4 is 10.6 Å². The Bertz CT molecular complexity index is 2080. The average molecular weight is 715 g/mol. The molecule has 264 valence electrons. The Balaban J connectivity index is 1.06.